The number of hydrogen-bond donors (Lipinski definition) is 2. The lowest BCUT2D eigenvalue weighted by molar-refractivity contribution is 0.102. The maximum Gasteiger partial charge on any atom is 0.256 e. The number of aryl methyl sites for hydroxylation is 2. The molecule has 0 unspecified atom stereocenters. The maximum atomic E-state index is 12.3. The number of nitrogens with one attached hydrogen (secondary N) is 1. The number of hydrogen-bond acceptors (Lipinski definition) is 4. The fourth-order valence-corrected chi connectivity index (χ4v) is 2.86. The van der Waals surface area contributed by atoms with Crippen LogP contribution < -0.4 is 10.5 Å². The number of carbonyl (C=O) groups is 1. The molecule has 0 saturated heterocycles. The van der Waals surface area contributed by atoms with Crippen LogP contribution in [0.2, 0.25) is 0 Å². The zero-order valence-electron chi connectivity index (χ0n) is 12.5. The average Bonchev–Trinajstić information content (AvgIpc) is 2.42. The highest BCUT2D eigenvalue weighted by Gasteiger charge is 2.17. The van der Waals surface area contributed by atoms with Gasteiger partial charge in [0.2, 0.25) is 10.0 Å². The molecular weight excluding hydrogens is 302 g/mol. The Hall–Kier alpha value is -2.25. The Morgan fingerprint density at radius 2 is 1.86 bits per heavy atom. The zero-order chi connectivity index (χ0) is 16.5. The van der Waals surface area contributed by atoms with Gasteiger partial charge >= 0.3 is 0 Å². The van der Waals surface area contributed by atoms with Gasteiger partial charge in [0.15, 0.2) is 0 Å². The Kier molecular flexibility index (Phi) is 4.30. The van der Waals surface area contributed by atoms with Gasteiger partial charge in [-0.25, -0.2) is 18.5 Å². The molecule has 116 valence electrons. The van der Waals surface area contributed by atoms with Gasteiger partial charge in [0.05, 0.1) is 4.90 Å². The number of nitrogens with two attached hydrogens (primary N) is 1. The molecule has 1 amide bonds. The molecule has 0 atom stereocenters. The summed E-state index contributed by atoms with van der Waals surface area (Å²) in [6.07, 6.45) is 1.63. The Bertz CT molecular complexity index is 828. The third-order valence-electron chi connectivity index (χ3n) is 3.34. The second kappa shape index (κ2) is 5.86. The van der Waals surface area contributed by atoms with Crippen LogP contribution in [0.15, 0.2) is 35.4 Å². The predicted octanol–water partition coefficient (Wildman–Crippen LogP) is 1.91. The normalized spacial score (nSPS) is 11.3. The van der Waals surface area contributed by atoms with Gasteiger partial charge in [0.1, 0.15) is 5.82 Å². The first-order valence-corrected chi connectivity index (χ1v) is 8.11. The van der Waals surface area contributed by atoms with Crippen molar-refractivity contribution < 1.29 is 13.2 Å². The number of rotatable bonds is 3. The molecular formula is C15H17N3O3S. The van der Waals surface area contributed by atoms with E-state index in [-0.39, 0.29) is 10.5 Å². The van der Waals surface area contributed by atoms with Crippen LogP contribution in [0.3, 0.4) is 0 Å². The Labute approximate surface area is 129 Å². The smallest absolute Gasteiger partial charge is 0.256 e. The van der Waals surface area contributed by atoms with Gasteiger partial charge in [0.25, 0.3) is 5.91 Å². The van der Waals surface area contributed by atoms with Gasteiger partial charge in [-0.05, 0) is 55.7 Å². The standard InChI is InChI=1S/C15H17N3O3S/c1-9-4-5-14(17-8-9)18-15(19)12-6-10(2)11(3)13(7-12)22(16,20)21/h4-8H,1-3H3,(H2,16,20,21)(H,17,18,19). The molecule has 6 nitrogen and oxygen atoms in total. The van der Waals surface area contributed by atoms with E-state index in [4.69, 9.17) is 5.14 Å². The fourth-order valence-electron chi connectivity index (χ4n) is 1.98. The van der Waals surface area contributed by atoms with Crippen molar-refractivity contribution in [1.82, 2.24) is 4.98 Å². The molecule has 0 spiro atoms. The van der Waals surface area contributed by atoms with E-state index >= 15 is 0 Å². The van der Waals surface area contributed by atoms with Crippen LogP contribution in [0.4, 0.5) is 5.82 Å². The number of nitrogens with zero attached hydrogens (tertiary/aromatic N) is 1. The first kappa shape index (κ1) is 16.1. The maximum absolute atomic E-state index is 12.3. The molecule has 1 aromatic carbocycles. The summed E-state index contributed by atoms with van der Waals surface area (Å²) < 4.78 is 23.2. The van der Waals surface area contributed by atoms with Crippen LogP contribution in [-0.4, -0.2) is 19.3 Å². The van der Waals surface area contributed by atoms with Crippen LogP contribution in [0, 0.1) is 20.8 Å². The summed E-state index contributed by atoms with van der Waals surface area (Å²) >= 11 is 0. The summed E-state index contributed by atoms with van der Waals surface area (Å²) in [6, 6.07) is 6.39. The number of benzene rings is 1. The molecule has 22 heavy (non-hydrogen) atoms. The zero-order valence-corrected chi connectivity index (χ0v) is 13.4. The number of primary sulfonamides is 1. The molecule has 0 aliphatic rings. The molecule has 2 rings (SSSR count). The molecule has 7 heteroatoms. The first-order chi connectivity index (χ1) is 10.2. The van der Waals surface area contributed by atoms with Gasteiger partial charge in [-0.3, -0.25) is 4.79 Å². The van der Waals surface area contributed by atoms with Crippen molar-refractivity contribution in [3.63, 3.8) is 0 Å². The van der Waals surface area contributed by atoms with E-state index in [1.807, 2.05) is 13.0 Å². The summed E-state index contributed by atoms with van der Waals surface area (Å²) in [6.45, 7) is 5.27. The van der Waals surface area contributed by atoms with Gasteiger partial charge in [-0.1, -0.05) is 6.07 Å². The molecule has 0 aliphatic carbocycles. The van der Waals surface area contributed by atoms with E-state index in [0.29, 0.717) is 16.9 Å². The second-order valence-electron chi connectivity index (χ2n) is 5.14. The molecule has 1 aromatic heterocycles. The van der Waals surface area contributed by atoms with Crippen molar-refractivity contribution in [2.24, 2.45) is 5.14 Å². The molecule has 0 saturated carbocycles. The number of amides is 1. The Morgan fingerprint density at radius 3 is 2.41 bits per heavy atom. The lowest BCUT2D eigenvalue weighted by Crippen LogP contribution is -2.18. The minimum Gasteiger partial charge on any atom is -0.307 e. The van der Waals surface area contributed by atoms with E-state index in [1.54, 1.807) is 32.2 Å². The number of aromatic nitrogens is 1. The van der Waals surface area contributed by atoms with Crippen molar-refractivity contribution in [3.8, 4) is 0 Å². The molecule has 2 aromatic rings. The van der Waals surface area contributed by atoms with E-state index < -0.39 is 15.9 Å². The van der Waals surface area contributed by atoms with Crippen LogP contribution in [0.1, 0.15) is 27.0 Å². The highest BCUT2D eigenvalue weighted by atomic mass is 32.2. The van der Waals surface area contributed by atoms with E-state index in [0.717, 1.165) is 5.56 Å². The van der Waals surface area contributed by atoms with Gasteiger partial charge in [-0.15, -0.1) is 0 Å². The molecule has 3 N–H and O–H groups in total. The summed E-state index contributed by atoms with van der Waals surface area (Å²) in [7, 11) is -3.89. The lowest BCUT2D eigenvalue weighted by Gasteiger charge is -2.11. The molecule has 0 aliphatic heterocycles. The van der Waals surface area contributed by atoms with Crippen molar-refractivity contribution in [3.05, 3.63) is 52.7 Å². The Morgan fingerprint density at radius 1 is 1.18 bits per heavy atom. The third-order valence-corrected chi connectivity index (χ3v) is 4.38. The number of anilines is 1. The van der Waals surface area contributed by atoms with Gasteiger partial charge < -0.3 is 5.32 Å². The van der Waals surface area contributed by atoms with Gasteiger partial charge in [0, 0.05) is 11.8 Å². The number of sulfonamides is 1. The molecule has 0 radical (unpaired) electrons. The number of carbonyl (C=O) groups excluding carboxylic acids is 1. The Balaban J connectivity index is 2.38. The summed E-state index contributed by atoms with van der Waals surface area (Å²) in [5, 5.41) is 7.82. The van der Waals surface area contributed by atoms with E-state index in [2.05, 4.69) is 10.3 Å². The summed E-state index contributed by atoms with van der Waals surface area (Å²) in [5.41, 5.74) is 2.40. The van der Waals surface area contributed by atoms with Crippen LogP contribution in [0.5, 0.6) is 0 Å². The third kappa shape index (κ3) is 3.49. The van der Waals surface area contributed by atoms with Crippen molar-refractivity contribution in [2.75, 3.05) is 5.32 Å². The highest BCUT2D eigenvalue weighted by molar-refractivity contribution is 7.89. The van der Waals surface area contributed by atoms with Gasteiger partial charge in [-0.2, -0.15) is 0 Å². The monoisotopic (exact) mass is 319 g/mol. The summed E-state index contributed by atoms with van der Waals surface area (Å²) in [5.74, 6) is -0.0460. The van der Waals surface area contributed by atoms with Crippen molar-refractivity contribution in [2.45, 2.75) is 25.7 Å². The SMILES string of the molecule is Cc1ccc(NC(=O)c2cc(C)c(C)c(S(N)(=O)=O)c2)nc1. The van der Waals surface area contributed by atoms with E-state index in [1.165, 1.54) is 6.07 Å². The topological polar surface area (TPSA) is 102 Å². The summed E-state index contributed by atoms with van der Waals surface area (Å²) in [4.78, 5) is 16.3. The fraction of sp³-hybridized carbons (Fsp3) is 0.200. The minimum absolute atomic E-state index is 0.0467. The second-order valence-corrected chi connectivity index (χ2v) is 6.67. The predicted molar refractivity (Wildman–Crippen MR) is 84.2 cm³/mol. The van der Waals surface area contributed by atoms with Crippen LogP contribution >= 0.6 is 0 Å². The quantitative estimate of drug-likeness (QED) is 0.902. The van der Waals surface area contributed by atoms with Crippen molar-refractivity contribution in [1.29, 1.82) is 0 Å². The van der Waals surface area contributed by atoms with Crippen LogP contribution in [0.25, 0.3) is 0 Å². The molecule has 0 bridgehead atoms. The minimum atomic E-state index is -3.89. The largest absolute Gasteiger partial charge is 0.307 e. The first-order valence-electron chi connectivity index (χ1n) is 6.56. The highest BCUT2D eigenvalue weighted by Crippen LogP contribution is 2.20. The lowest BCUT2D eigenvalue weighted by atomic mass is 10.1. The number of pyridine rings is 1. The van der Waals surface area contributed by atoms with Crippen molar-refractivity contribution >= 4 is 21.7 Å². The van der Waals surface area contributed by atoms with E-state index in [9.17, 15) is 13.2 Å². The average molecular weight is 319 g/mol. The molecule has 0 fully saturated rings. The molecule has 1 heterocycles. The van der Waals surface area contributed by atoms with Crippen LogP contribution in [-0.2, 0) is 10.0 Å².